The van der Waals surface area contributed by atoms with Crippen LogP contribution in [0.25, 0.3) is 6.08 Å². The van der Waals surface area contributed by atoms with Crippen LogP contribution in [0.3, 0.4) is 0 Å². The number of carbonyl (C=O) groups is 2. The number of phenolic OH excluding ortho intramolecular Hbond substituents is 1. The Morgan fingerprint density at radius 1 is 1.28 bits per heavy atom. The lowest BCUT2D eigenvalue weighted by Crippen LogP contribution is -2.54. The molecule has 1 fully saturated rings. The molecular formula is C17H8BrCl2N3O5S. The summed E-state index contributed by atoms with van der Waals surface area (Å²) in [6.45, 7) is 0. The van der Waals surface area contributed by atoms with Crippen LogP contribution in [0.1, 0.15) is 5.56 Å². The summed E-state index contributed by atoms with van der Waals surface area (Å²) in [5.41, 5.74) is -0.649. The highest BCUT2D eigenvalue weighted by Crippen LogP contribution is 2.37. The Bertz CT molecular complexity index is 1140. The van der Waals surface area contributed by atoms with E-state index in [2.05, 4.69) is 21.2 Å². The van der Waals surface area contributed by atoms with E-state index in [1.807, 2.05) is 0 Å². The van der Waals surface area contributed by atoms with Gasteiger partial charge in [0.15, 0.2) is 5.11 Å². The topological polar surface area (TPSA) is 113 Å². The van der Waals surface area contributed by atoms with Crippen molar-refractivity contribution >= 4 is 85.7 Å². The van der Waals surface area contributed by atoms with Gasteiger partial charge in [-0.25, -0.2) is 0 Å². The zero-order chi connectivity index (χ0) is 21.5. The van der Waals surface area contributed by atoms with Gasteiger partial charge in [-0.1, -0.05) is 29.3 Å². The Morgan fingerprint density at radius 3 is 2.62 bits per heavy atom. The summed E-state index contributed by atoms with van der Waals surface area (Å²) in [6, 6.07) is 6.92. The third-order valence-corrected chi connectivity index (χ3v) is 5.55. The number of nitrogens with one attached hydrogen (secondary N) is 1. The maximum atomic E-state index is 13.0. The number of anilines is 1. The van der Waals surface area contributed by atoms with Crippen molar-refractivity contribution in [2.45, 2.75) is 0 Å². The summed E-state index contributed by atoms with van der Waals surface area (Å²) < 4.78 is 0.0208. The minimum Gasteiger partial charge on any atom is -0.501 e. The van der Waals surface area contributed by atoms with Gasteiger partial charge in [0.2, 0.25) is 5.75 Å². The van der Waals surface area contributed by atoms with Crippen LogP contribution in [-0.2, 0) is 9.59 Å². The van der Waals surface area contributed by atoms with Crippen molar-refractivity contribution in [3.05, 3.63) is 66.1 Å². The molecule has 2 amide bonds. The van der Waals surface area contributed by atoms with Crippen molar-refractivity contribution in [3.63, 3.8) is 0 Å². The highest BCUT2D eigenvalue weighted by atomic mass is 79.9. The number of carbonyl (C=O) groups excluding carboxylic acids is 2. The number of benzene rings is 2. The van der Waals surface area contributed by atoms with Gasteiger partial charge in [-0.05, 0) is 58.0 Å². The monoisotopic (exact) mass is 515 g/mol. The molecule has 148 valence electrons. The van der Waals surface area contributed by atoms with Crippen LogP contribution in [0.2, 0.25) is 10.0 Å². The number of hydrogen-bond acceptors (Lipinski definition) is 6. The molecule has 1 aliphatic heterocycles. The van der Waals surface area contributed by atoms with E-state index in [0.717, 1.165) is 17.0 Å². The fourth-order valence-corrected chi connectivity index (χ4v) is 3.66. The molecule has 0 radical (unpaired) electrons. The average molecular weight is 517 g/mol. The molecule has 2 aromatic carbocycles. The molecule has 0 aliphatic carbocycles. The largest absolute Gasteiger partial charge is 0.501 e. The maximum absolute atomic E-state index is 13.0. The molecule has 29 heavy (non-hydrogen) atoms. The van der Waals surface area contributed by atoms with Gasteiger partial charge in [0, 0.05) is 6.07 Å². The fraction of sp³-hybridized carbons (Fsp3) is 0. The summed E-state index contributed by atoms with van der Waals surface area (Å²) in [6.07, 6.45) is 1.14. The standard InChI is InChI=1S/C17H8BrCl2N3O5S/c18-9-5-7(6-12(14(9)24)23(27)28)4-8-15(25)21-17(29)22(16(8)26)11-3-1-2-10(19)13(11)20/h1-6,24H,(H,21,25,29)/b8-4+. The lowest BCUT2D eigenvalue weighted by molar-refractivity contribution is -0.386. The van der Waals surface area contributed by atoms with Crippen LogP contribution >= 0.6 is 51.3 Å². The van der Waals surface area contributed by atoms with Crippen molar-refractivity contribution in [2.75, 3.05) is 4.90 Å². The Hall–Kier alpha value is -2.53. The smallest absolute Gasteiger partial charge is 0.312 e. The van der Waals surface area contributed by atoms with E-state index in [4.69, 9.17) is 35.4 Å². The normalized spacial score (nSPS) is 15.6. The van der Waals surface area contributed by atoms with Crippen molar-refractivity contribution < 1.29 is 19.6 Å². The molecule has 12 heteroatoms. The molecule has 0 aromatic heterocycles. The van der Waals surface area contributed by atoms with Gasteiger partial charge in [0.25, 0.3) is 11.8 Å². The summed E-state index contributed by atoms with van der Waals surface area (Å²) in [7, 11) is 0. The number of thiocarbonyl (C=S) groups is 1. The number of nitro benzene ring substituents is 1. The average Bonchev–Trinajstić information content (AvgIpc) is 2.64. The highest BCUT2D eigenvalue weighted by molar-refractivity contribution is 9.10. The number of amides is 2. The third-order valence-electron chi connectivity index (χ3n) is 3.85. The first-order chi connectivity index (χ1) is 13.6. The number of rotatable bonds is 3. The first-order valence-corrected chi connectivity index (χ1v) is 9.60. The van der Waals surface area contributed by atoms with Gasteiger partial charge in [-0.3, -0.25) is 29.9 Å². The number of hydrogen-bond donors (Lipinski definition) is 2. The second-order valence-electron chi connectivity index (χ2n) is 5.66. The van der Waals surface area contributed by atoms with Crippen molar-refractivity contribution in [1.82, 2.24) is 5.32 Å². The number of aromatic hydroxyl groups is 1. The number of halogens is 3. The quantitative estimate of drug-likeness (QED) is 0.208. The first-order valence-electron chi connectivity index (χ1n) is 7.64. The predicted octanol–water partition coefficient (Wildman–Crippen LogP) is 4.20. The van der Waals surface area contributed by atoms with E-state index >= 15 is 0 Å². The molecule has 0 unspecified atom stereocenters. The second kappa shape index (κ2) is 8.07. The maximum Gasteiger partial charge on any atom is 0.312 e. The molecule has 3 rings (SSSR count). The molecular weight excluding hydrogens is 509 g/mol. The van der Waals surface area contributed by atoms with Gasteiger partial charge in [0.1, 0.15) is 5.57 Å². The van der Waals surface area contributed by atoms with Gasteiger partial charge in [-0.15, -0.1) is 0 Å². The van der Waals surface area contributed by atoms with Crippen molar-refractivity contribution in [1.29, 1.82) is 0 Å². The van der Waals surface area contributed by atoms with E-state index < -0.39 is 28.2 Å². The molecule has 0 spiro atoms. The summed E-state index contributed by atoms with van der Waals surface area (Å²) in [4.78, 5) is 36.7. The summed E-state index contributed by atoms with van der Waals surface area (Å²) in [5.74, 6) is -2.17. The van der Waals surface area contributed by atoms with E-state index in [1.165, 1.54) is 18.2 Å². The molecule has 0 bridgehead atoms. The molecule has 2 aromatic rings. The summed E-state index contributed by atoms with van der Waals surface area (Å²) >= 11 is 20.3. The van der Waals surface area contributed by atoms with Crippen LogP contribution in [-0.4, -0.2) is 27.0 Å². The predicted molar refractivity (Wildman–Crippen MR) is 115 cm³/mol. The molecule has 1 heterocycles. The Kier molecular flexibility index (Phi) is 5.90. The molecule has 2 N–H and O–H groups in total. The molecule has 8 nitrogen and oxygen atoms in total. The lowest BCUT2D eigenvalue weighted by Gasteiger charge is -2.29. The molecule has 0 saturated carbocycles. The van der Waals surface area contributed by atoms with Crippen molar-refractivity contribution in [3.8, 4) is 5.75 Å². The van der Waals surface area contributed by atoms with E-state index in [9.17, 15) is 24.8 Å². The van der Waals surface area contributed by atoms with Crippen LogP contribution in [0.15, 0.2) is 40.4 Å². The lowest BCUT2D eigenvalue weighted by atomic mass is 10.1. The zero-order valence-corrected chi connectivity index (χ0v) is 17.9. The van der Waals surface area contributed by atoms with Gasteiger partial charge >= 0.3 is 5.69 Å². The van der Waals surface area contributed by atoms with Crippen molar-refractivity contribution in [2.24, 2.45) is 0 Å². The number of nitro groups is 1. The number of nitrogens with zero attached hydrogens (tertiary/aromatic N) is 2. The second-order valence-corrected chi connectivity index (χ2v) is 7.68. The molecule has 1 saturated heterocycles. The SMILES string of the molecule is O=C1NC(=S)N(c2cccc(Cl)c2Cl)C(=O)/C1=C/c1cc(Br)c(O)c([N+](=O)[O-])c1. The third kappa shape index (κ3) is 3.97. The zero-order valence-electron chi connectivity index (χ0n) is 14.0. The van der Waals surface area contributed by atoms with Gasteiger partial charge in [-0.2, -0.15) is 0 Å². The fourth-order valence-electron chi connectivity index (χ4n) is 2.54. The molecule has 1 aliphatic rings. The Labute approximate surface area is 187 Å². The molecule has 0 atom stereocenters. The van der Waals surface area contributed by atoms with Gasteiger partial charge in [0.05, 0.1) is 25.1 Å². The van der Waals surface area contributed by atoms with Gasteiger partial charge < -0.3 is 5.11 Å². The Morgan fingerprint density at radius 2 is 1.97 bits per heavy atom. The van der Waals surface area contributed by atoms with Crippen LogP contribution in [0, 0.1) is 10.1 Å². The van der Waals surface area contributed by atoms with Crippen LogP contribution in [0.5, 0.6) is 5.75 Å². The highest BCUT2D eigenvalue weighted by Gasteiger charge is 2.36. The van der Waals surface area contributed by atoms with Crippen LogP contribution in [0.4, 0.5) is 11.4 Å². The minimum atomic E-state index is -0.797. The van der Waals surface area contributed by atoms with E-state index in [0.29, 0.717) is 0 Å². The van der Waals surface area contributed by atoms with E-state index in [-0.39, 0.29) is 36.5 Å². The minimum absolute atomic E-state index is 0.0208. The van der Waals surface area contributed by atoms with E-state index in [1.54, 1.807) is 6.07 Å². The first kappa shape index (κ1) is 21.2. The summed E-state index contributed by atoms with van der Waals surface area (Å²) in [5, 5.41) is 23.3. The number of phenols is 1. The Balaban J connectivity index is 2.11. The van der Waals surface area contributed by atoms with Crippen LogP contribution < -0.4 is 10.2 Å².